The van der Waals surface area contributed by atoms with E-state index in [4.69, 9.17) is 19.4 Å². The van der Waals surface area contributed by atoms with Gasteiger partial charge in [0.1, 0.15) is 5.58 Å². The zero-order chi connectivity index (χ0) is 37.6. The predicted molar refractivity (Wildman–Crippen MR) is 232 cm³/mol. The molecule has 5 nitrogen and oxygen atoms in total. The van der Waals surface area contributed by atoms with Gasteiger partial charge >= 0.3 is 0 Å². The van der Waals surface area contributed by atoms with Gasteiger partial charge in [-0.15, -0.1) is 0 Å². The fourth-order valence-electron chi connectivity index (χ4n) is 8.82. The van der Waals surface area contributed by atoms with Crippen molar-refractivity contribution >= 4 is 75.6 Å². The standard InChI is InChI=1S/C52H28N4O/c53-29-30-17-19-31(20-18-30)35-11-3-12-38(25-35)50-54-51(56-52(55-50)45-28-36-7-1-2-16-44(36)57-45)39-26-37-24-23-34-9-5-14-41-40-13-4-8-32-21-22-33-10-6-15-42(48(33)46(32)40)43(27-39)49(37)47(34)41/h1-28H. The van der Waals surface area contributed by atoms with Crippen molar-refractivity contribution in [3.05, 3.63) is 175 Å². The van der Waals surface area contributed by atoms with Crippen LogP contribution in [-0.2, 0) is 0 Å². The lowest BCUT2D eigenvalue weighted by Gasteiger charge is -2.17. The molecule has 57 heavy (non-hydrogen) atoms. The van der Waals surface area contributed by atoms with Gasteiger partial charge in [0.2, 0.25) is 0 Å². The first-order valence-corrected chi connectivity index (χ1v) is 19.0. The molecule has 12 rings (SSSR count). The number of hydrogen-bond acceptors (Lipinski definition) is 5. The van der Waals surface area contributed by atoms with Crippen LogP contribution in [0.15, 0.2) is 174 Å². The van der Waals surface area contributed by atoms with Crippen LogP contribution in [0.25, 0.3) is 121 Å². The van der Waals surface area contributed by atoms with Crippen molar-refractivity contribution in [2.45, 2.75) is 0 Å². The third-order valence-corrected chi connectivity index (χ3v) is 11.4. The molecule has 0 aliphatic heterocycles. The third-order valence-electron chi connectivity index (χ3n) is 11.4. The second-order valence-electron chi connectivity index (χ2n) is 14.7. The van der Waals surface area contributed by atoms with Gasteiger partial charge in [0, 0.05) is 16.5 Å². The van der Waals surface area contributed by atoms with Crippen molar-refractivity contribution in [1.82, 2.24) is 15.0 Å². The maximum atomic E-state index is 9.38. The van der Waals surface area contributed by atoms with Gasteiger partial charge in [0.15, 0.2) is 23.2 Å². The Balaban J connectivity index is 1.17. The van der Waals surface area contributed by atoms with E-state index >= 15 is 0 Å². The van der Waals surface area contributed by atoms with Crippen LogP contribution in [-0.4, -0.2) is 15.0 Å². The number of nitriles is 1. The Kier molecular flexibility index (Phi) is 6.63. The molecule has 12 aromatic rings. The zero-order valence-electron chi connectivity index (χ0n) is 30.4. The minimum Gasteiger partial charge on any atom is -0.453 e. The molecule has 0 spiro atoms. The Labute approximate surface area is 326 Å². The molecule has 262 valence electrons. The molecular weight excluding hydrogens is 697 g/mol. The molecule has 0 saturated heterocycles. The van der Waals surface area contributed by atoms with Gasteiger partial charge in [-0.2, -0.15) is 5.26 Å². The lowest BCUT2D eigenvalue weighted by molar-refractivity contribution is 0.625. The second-order valence-corrected chi connectivity index (χ2v) is 14.7. The Morgan fingerprint density at radius 3 is 1.58 bits per heavy atom. The molecule has 5 heteroatoms. The Morgan fingerprint density at radius 2 is 0.912 bits per heavy atom. The second kappa shape index (κ2) is 12.0. The van der Waals surface area contributed by atoms with Crippen LogP contribution < -0.4 is 0 Å². The highest BCUT2D eigenvalue weighted by molar-refractivity contribution is 6.37. The highest BCUT2D eigenvalue weighted by Gasteiger charge is 2.20. The topological polar surface area (TPSA) is 75.6 Å². The molecule has 0 aliphatic carbocycles. The molecule has 0 aliphatic rings. The monoisotopic (exact) mass is 724 g/mol. The molecule has 0 bridgehead atoms. The highest BCUT2D eigenvalue weighted by atomic mass is 16.3. The molecule has 10 aromatic carbocycles. The van der Waals surface area contributed by atoms with Crippen molar-refractivity contribution in [2.75, 3.05) is 0 Å². The molecule has 0 N–H and O–H groups in total. The van der Waals surface area contributed by atoms with Gasteiger partial charge < -0.3 is 4.42 Å². The highest BCUT2D eigenvalue weighted by Crippen LogP contribution is 2.44. The zero-order valence-corrected chi connectivity index (χ0v) is 30.4. The fraction of sp³-hybridized carbons (Fsp3) is 0. The largest absolute Gasteiger partial charge is 0.453 e. The normalized spacial score (nSPS) is 11.8. The van der Waals surface area contributed by atoms with Crippen LogP contribution >= 0.6 is 0 Å². The van der Waals surface area contributed by atoms with E-state index in [0.717, 1.165) is 44.0 Å². The molecule has 0 amide bonds. The lowest BCUT2D eigenvalue weighted by Crippen LogP contribution is -2.00. The van der Waals surface area contributed by atoms with Gasteiger partial charge in [-0.05, 0) is 118 Å². The summed E-state index contributed by atoms with van der Waals surface area (Å²) in [7, 11) is 0. The smallest absolute Gasteiger partial charge is 0.199 e. The van der Waals surface area contributed by atoms with E-state index in [9.17, 15) is 5.26 Å². The molecule has 0 fully saturated rings. The predicted octanol–water partition coefficient (Wildman–Crippen LogP) is 13.5. The fourth-order valence-corrected chi connectivity index (χ4v) is 8.82. The van der Waals surface area contributed by atoms with E-state index in [1.807, 2.05) is 66.7 Å². The van der Waals surface area contributed by atoms with Crippen molar-refractivity contribution in [1.29, 1.82) is 5.26 Å². The molecule has 2 aromatic heterocycles. The van der Waals surface area contributed by atoms with Crippen molar-refractivity contribution in [2.24, 2.45) is 0 Å². The first-order chi connectivity index (χ1) is 28.2. The van der Waals surface area contributed by atoms with Gasteiger partial charge in [-0.3, -0.25) is 0 Å². The minimum absolute atomic E-state index is 0.458. The maximum absolute atomic E-state index is 9.38. The summed E-state index contributed by atoms with van der Waals surface area (Å²) in [5, 5.41) is 24.9. The number of benzene rings is 9. The van der Waals surface area contributed by atoms with Crippen LogP contribution in [0.2, 0.25) is 0 Å². The number of furan rings is 1. The minimum atomic E-state index is 0.458. The average Bonchev–Trinajstić information content (AvgIpc) is 3.72. The van der Waals surface area contributed by atoms with E-state index < -0.39 is 0 Å². The quantitative estimate of drug-likeness (QED) is 0.169. The summed E-state index contributed by atoms with van der Waals surface area (Å²) >= 11 is 0. The molecular formula is C52H28N4O. The van der Waals surface area contributed by atoms with Gasteiger partial charge in [0.25, 0.3) is 0 Å². The summed E-state index contributed by atoms with van der Waals surface area (Å²) in [6, 6.07) is 61.4. The number of aromatic nitrogens is 3. The van der Waals surface area contributed by atoms with Crippen LogP contribution in [0.1, 0.15) is 5.56 Å². The van der Waals surface area contributed by atoms with Gasteiger partial charge in [0.05, 0.1) is 11.6 Å². The molecule has 0 unspecified atom stereocenters. The van der Waals surface area contributed by atoms with Crippen molar-refractivity contribution in [3.63, 3.8) is 0 Å². The van der Waals surface area contributed by atoms with Crippen LogP contribution in [0.4, 0.5) is 0 Å². The van der Waals surface area contributed by atoms with E-state index in [1.165, 1.54) is 53.9 Å². The first kappa shape index (κ1) is 31.4. The van der Waals surface area contributed by atoms with Gasteiger partial charge in [-0.1, -0.05) is 127 Å². The Bertz CT molecular complexity index is 3610. The SMILES string of the molecule is N#Cc1ccc(-c2cccc(-c3nc(-c4cc5ccc6cccc7c8cccc9ccc%10cccc(c(c4)c5c67)c%10c98)nc(-c4cc5ccccc5o4)n3)c2)cc1. The van der Waals surface area contributed by atoms with E-state index in [0.29, 0.717) is 28.8 Å². The van der Waals surface area contributed by atoms with Crippen molar-refractivity contribution < 1.29 is 4.42 Å². The van der Waals surface area contributed by atoms with E-state index in [1.54, 1.807) is 0 Å². The van der Waals surface area contributed by atoms with Crippen LogP contribution in [0.5, 0.6) is 0 Å². The molecule has 0 atom stereocenters. The number of hydrogen-bond donors (Lipinski definition) is 0. The van der Waals surface area contributed by atoms with Crippen molar-refractivity contribution in [3.8, 4) is 51.6 Å². The van der Waals surface area contributed by atoms with E-state index in [2.05, 4.69) is 109 Å². The number of rotatable bonds is 4. The number of nitrogens with zero attached hydrogens (tertiary/aromatic N) is 4. The van der Waals surface area contributed by atoms with Crippen LogP contribution in [0, 0.1) is 11.3 Å². The molecule has 0 saturated carbocycles. The average molecular weight is 725 g/mol. The first-order valence-electron chi connectivity index (χ1n) is 19.0. The number of para-hydroxylation sites is 1. The summed E-state index contributed by atoms with van der Waals surface area (Å²) in [6.07, 6.45) is 0. The Morgan fingerprint density at radius 1 is 0.368 bits per heavy atom. The lowest BCUT2D eigenvalue weighted by atomic mass is 9.87. The summed E-state index contributed by atoms with van der Waals surface area (Å²) in [5.41, 5.74) is 5.12. The van der Waals surface area contributed by atoms with Crippen LogP contribution in [0.3, 0.4) is 0 Å². The summed E-state index contributed by atoms with van der Waals surface area (Å²) in [6.45, 7) is 0. The molecule has 2 heterocycles. The maximum Gasteiger partial charge on any atom is 0.199 e. The van der Waals surface area contributed by atoms with Gasteiger partial charge in [-0.25, -0.2) is 15.0 Å². The molecule has 0 radical (unpaired) electrons. The summed E-state index contributed by atoms with van der Waals surface area (Å²) < 4.78 is 6.38. The summed E-state index contributed by atoms with van der Waals surface area (Å²) in [4.78, 5) is 15.5. The Hall–Kier alpha value is -7.94. The third kappa shape index (κ3) is 4.85. The van der Waals surface area contributed by atoms with E-state index in [-0.39, 0.29) is 0 Å². The summed E-state index contributed by atoms with van der Waals surface area (Å²) in [5.74, 6) is 2.12. The number of fused-ring (bicyclic) bond motifs is 3.